The summed E-state index contributed by atoms with van der Waals surface area (Å²) in [7, 11) is 0. The van der Waals surface area contributed by atoms with Crippen molar-refractivity contribution in [2.45, 2.75) is 19.9 Å². The van der Waals surface area contributed by atoms with Gasteiger partial charge >= 0.3 is 0 Å². The van der Waals surface area contributed by atoms with E-state index < -0.39 is 11.7 Å². The van der Waals surface area contributed by atoms with Crippen LogP contribution < -0.4 is 5.32 Å². The van der Waals surface area contributed by atoms with Gasteiger partial charge in [0.25, 0.3) is 5.91 Å². The number of halogens is 2. The number of carbonyl (C=O) groups excluding carboxylic acids is 1. The number of benzene rings is 2. The number of hydrogen-bond acceptors (Lipinski definition) is 4. The molecule has 1 amide bonds. The third-order valence-corrected chi connectivity index (χ3v) is 5.19. The Morgan fingerprint density at radius 1 is 1.16 bits per heavy atom. The minimum Gasteiger partial charge on any atom is -0.346 e. The van der Waals surface area contributed by atoms with Crippen LogP contribution in [0.1, 0.15) is 28.5 Å². The van der Waals surface area contributed by atoms with Gasteiger partial charge in [0.1, 0.15) is 11.5 Å². The minimum atomic E-state index is -0.434. The second-order valence-corrected chi connectivity index (χ2v) is 7.29. The third-order valence-electron chi connectivity index (χ3n) is 4.84. The number of carbonyl (C=O) groups is 1. The first kappa shape index (κ1) is 20.7. The van der Waals surface area contributed by atoms with E-state index in [1.54, 1.807) is 23.1 Å². The van der Waals surface area contributed by atoms with Crippen molar-refractivity contribution in [1.82, 2.24) is 25.3 Å². The Balaban J connectivity index is 1.70. The van der Waals surface area contributed by atoms with E-state index in [0.717, 1.165) is 17.7 Å². The van der Waals surface area contributed by atoms with Crippen LogP contribution in [0.4, 0.5) is 4.39 Å². The molecule has 0 atom stereocenters. The predicted molar refractivity (Wildman–Crippen MR) is 117 cm³/mol. The quantitative estimate of drug-likeness (QED) is 0.480. The highest BCUT2D eigenvalue weighted by Crippen LogP contribution is 2.25. The summed E-state index contributed by atoms with van der Waals surface area (Å²) in [6.45, 7) is 2.20. The summed E-state index contributed by atoms with van der Waals surface area (Å²) in [6.07, 6.45) is 4.19. The van der Waals surface area contributed by atoms with Gasteiger partial charge in [0.2, 0.25) is 0 Å². The molecule has 0 aliphatic carbocycles. The fraction of sp³-hybridized carbons (Fsp3) is 0.130. The van der Waals surface area contributed by atoms with Crippen molar-refractivity contribution in [3.8, 4) is 16.9 Å². The van der Waals surface area contributed by atoms with Crippen LogP contribution in [0.3, 0.4) is 0 Å². The number of aromatic nitrogens is 4. The van der Waals surface area contributed by atoms with E-state index in [4.69, 9.17) is 11.6 Å². The summed E-state index contributed by atoms with van der Waals surface area (Å²) in [4.78, 5) is 17.2. The summed E-state index contributed by atoms with van der Waals surface area (Å²) in [6, 6.07) is 15.6. The highest BCUT2D eigenvalue weighted by Gasteiger charge is 2.22. The molecule has 0 unspecified atom stereocenters. The predicted octanol–water partition coefficient (Wildman–Crippen LogP) is 4.61. The fourth-order valence-electron chi connectivity index (χ4n) is 3.21. The Morgan fingerprint density at radius 2 is 2.03 bits per heavy atom. The van der Waals surface area contributed by atoms with Gasteiger partial charge in [0, 0.05) is 29.5 Å². The SMILES string of the molecule is CCc1cccc(-n2nnc(C(=O)NCc3ccc(F)cc3Cl)c2-c2cccnc2)c1. The fourth-order valence-corrected chi connectivity index (χ4v) is 3.44. The van der Waals surface area contributed by atoms with E-state index in [2.05, 4.69) is 27.5 Å². The first-order chi connectivity index (χ1) is 15.1. The molecule has 0 aliphatic heterocycles. The second-order valence-electron chi connectivity index (χ2n) is 6.88. The monoisotopic (exact) mass is 435 g/mol. The van der Waals surface area contributed by atoms with Gasteiger partial charge in [-0.05, 0) is 53.9 Å². The molecule has 2 aromatic carbocycles. The van der Waals surface area contributed by atoms with Crippen LogP contribution in [-0.4, -0.2) is 25.9 Å². The molecule has 0 aliphatic rings. The van der Waals surface area contributed by atoms with Crippen LogP contribution in [0, 0.1) is 5.82 Å². The first-order valence-corrected chi connectivity index (χ1v) is 10.1. The Labute approximate surface area is 183 Å². The van der Waals surface area contributed by atoms with Crippen LogP contribution in [0.15, 0.2) is 67.0 Å². The van der Waals surface area contributed by atoms with Gasteiger partial charge < -0.3 is 5.32 Å². The van der Waals surface area contributed by atoms with Gasteiger partial charge in [-0.1, -0.05) is 41.9 Å². The maximum atomic E-state index is 13.3. The highest BCUT2D eigenvalue weighted by atomic mass is 35.5. The molecule has 0 spiro atoms. The summed E-state index contributed by atoms with van der Waals surface area (Å²) in [5, 5.41) is 11.4. The highest BCUT2D eigenvalue weighted by molar-refractivity contribution is 6.31. The summed E-state index contributed by atoms with van der Waals surface area (Å²) < 4.78 is 14.9. The lowest BCUT2D eigenvalue weighted by atomic mass is 10.1. The number of aryl methyl sites for hydroxylation is 1. The maximum absolute atomic E-state index is 13.3. The molecule has 2 heterocycles. The van der Waals surface area contributed by atoms with E-state index >= 15 is 0 Å². The summed E-state index contributed by atoms with van der Waals surface area (Å²) in [5.41, 5.74) is 3.94. The molecule has 0 saturated heterocycles. The van der Waals surface area contributed by atoms with E-state index in [-0.39, 0.29) is 17.3 Å². The number of pyridine rings is 1. The maximum Gasteiger partial charge on any atom is 0.274 e. The number of hydrogen-bond donors (Lipinski definition) is 1. The molecule has 31 heavy (non-hydrogen) atoms. The first-order valence-electron chi connectivity index (χ1n) is 9.74. The second kappa shape index (κ2) is 9.06. The van der Waals surface area contributed by atoms with Gasteiger partial charge in [-0.25, -0.2) is 9.07 Å². The molecule has 156 valence electrons. The summed E-state index contributed by atoms with van der Waals surface area (Å²) in [5.74, 6) is -0.853. The molecule has 0 bridgehead atoms. The largest absolute Gasteiger partial charge is 0.346 e. The molecular weight excluding hydrogens is 417 g/mol. The number of nitrogens with one attached hydrogen (secondary N) is 1. The van der Waals surface area contributed by atoms with Crippen molar-refractivity contribution in [2.75, 3.05) is 0 Å². The van der Waals surface area contributed by atoms with Crippen molar-refractivity contribution in [1.29, 1.82) is 0 Å². The topological polar surface area (TPSA) is 72.7 Å². The van der Waals surface area contributed by atoms with E-state index in [0.29, 0.717) is 16.8 Å². The van der Waals surface area contributed by atoms with Crippen molar-refractivity contribution < 1.29 is 9.18 Å². The minimum absolute atomic E-state index is 0.128. The lowest BCUT2D eigenvalue weighted by molar-refractivity contribution is 0.0946. The zero-order valence-electron chi connectivity index (χ0n) is 16.7. The Bertz CT molecular complexity index is 1230. The Morgan fingerprint density at radius 3 is 2.77 bits per heavy atom. The van der Waals surface area contributed by atoms with Crippen LogP contribution >= 0.6 is 11.6 Å². The molecule has 4 rings (SSSR count). The molecule has 2 aromatic heterocycles. The number of rotatable bonds is 6. The molecule has 6 nitrogen and oxygen atoms in total. The zero-order valence-corrected chi connectivity index (χ0v) is 17.5. The van der Waals surface area contributed by atoms with Gasteiger partial charge in [0.05, 0.1) is 5.69 Å². The lowest BCUT2D eigenvalue weighted by Gasteiger charge is -2.10. The summed E-state index contributed by atoms with van der Waals surface area (Å²) >= 11 is 6.07. The average molecular weight is 436 g/mol. The Hall–Kier alpha value is -3.58. The average Bonchev–Trinajstić information content (AvgIpc) is 3.24. The van der Waals surface area contributed by atoms with Crippen LogP contribution in [0.5, 0.6) is 0 Å². The van der Waals surface area contributed by atoms with Gasteiger partial charge in [-0.2, -0.15) is 0 Å². The lowest BCUT2D eigenvalue weighted by Crippen LogP contribution is -2.24. The van der Waals surface area contributed by atoms with Crippen LogP contribution in [0.25, 0.3) is 16.9 Å². The van der Waals surface area contributed by atoms with Crippen molar-refractivity contribution in [3.05, 3.63) is 94.7 Å². The smallest absolute Gasteiger partial charge is 0.274 e. The van der Waals surface area contributed by atoms with Gasteiger partial charge in [-0.15, -0.1) is 5.10 Å². The molecule has 4 aromatic rings. The molecule has 8 heteroatoms. The molecule has 1 N–H and O–H groups in total. The van der Waals surface area contributed by atoms with E-state index in [9.17, 15) is 9.18 Å². The normalized spacial score (nSPS) is 10.8. The van der Waals surface area contributed by atoms with Gasteiger partial charge in [-0.3, -0.25) is 9.78 Å². The Kier molecular flexibility index (Phi) is 6.04. The van der Waals surface area contributed by atoms with E-state index in [1.807, 2.05) is 30.3 Å². The standard InChI is InChI=1S/C23H19ClFN5O/c1-2-15-5-3-7-19(11-15)30-22(17-6-4-10-26-13-17)21(28-29-30)23(31)27-14-16-8-9-18(25)12-20(16)24/h3-13H,2,14H2,1H3,(H,27,31). The number of amides is 1. The third kappa shape index (κ3) is 4.46. The zero-order chi connectivity index (χ0) is 21.8. The van der Waals surface area contributed by atoms with Crippen molar-refractivity contribution >= 4 is 17.5 Å². The van der Waals surface area contributed by atoms with Gasteiger partial charge in [0.15, 0.2) is 5.69 Å². The molecule has 0 saturated carbocycles. The molecule has 0 radical (unpaired) electrons. The number of nitrogens with zero attached hydrogens (tertiary/aromatic N) is 4. The van der Waals surface area contributed by atoms with Crippen molar-refractivity contribution in [2.24, 2.45) is 0 Å². The van der Waals surface area contributed by atoms with Crippen LogP contribution in [0.2, 0.25) is 5.02 Å². The van der Waals surface area contributed by atoms with Crippen molar-refractivity contribution in [3.63, 3.8) is 0 Å². The van der Waals surface area contributed by atoms with Crippen LogP contribution in [-0.2, 0) is 13.0 Å². The molecule has 0 fully saturated rings. The van der Waals surface area contributed by atoms with E-state index in [1.165, 1.54) is 18.2 Å². The molecular formula is C23H19ClFN5O.